The fourth-order valence-electron chi connectivity index (χ4n) is 1.92. The van der Waals surface area contributed by atoms with Crippen LogP contribution in [0.15, 0.2) is 30.4 Å². The molecule has 2 unspecified atom stereocenters. The molecule has 1 aliphatic carbocycles. The van der Waals surface area contributed by atoms with Gasteiger partial charge in [-0.2, -0.15) is 0 Å². The lowest BCUT2D eigenvalue weighted by Gasteiger charge is -2.14. The molecule has 100 valence electrons. The van der Waals surface area contributed by atoms with Crippen LogP contribution < -0.4 is 5.32 Å². The lowest BCUT2D eigenvalue weighted by atomic mass is 10.1. The van der Waals surface area contributed by atoms with Crippen LogP contribution in [0, 0.1) is 19.6 Å². The van der Waals surface area contributed by atoms with Gasteiger partial charge in [0.1, 0.15) is 0 Å². The number of aliphatic carboxylic acids is 1. The molecule has 0 heterocycles. The predicted octanol–water partition coefficient (Wildman–Crippen LogP) is 2.64. The maximum atomic E-state index is 10.8. The van der Waals surface area contributed by atoms with Crippen molar-refractivity contribution in [3.05, 3.63) is 44.0 Å². The molecule has 7 heteroatoms. The van der Waals surface area contributed by atoms with E-state index in [1.54, 1.807) is 12.1 Å². The molecule has 1 aromatic rings. The number of rotatable bonds is 4. The van der Waals surface area contributed by atoms with Crippen LogP contribution in [0.1, 0.15) is 6.42 Å². The van der Waals surface area contributed by atoms with Crippen molar-refractivity contribution in [1.82, 2.24) is 0 Å². The number of hydrogen-bond donors (Lipinski definition) is 2. The average Bonchev–Trinajstić information content (AvgIpc) is 2.80. The fourth-order valence-corrected chi connectivity index (χ4v) is 2.58. The van der Waals surface area contributed by atoms with Gasteiger partial charge in [-0.1, -0.05) is 12.2 Å². The number of carboxylic acids is 1. The van der Waals surface area contributed by atoms with Gasteiger partial charge >= 0.3 is 5.97 Å². The molecule has 0 aliphatic heterocycles. The maximum Gasteiger partial charge on any atom is 0.310 e. The second kappa shape index (κ2) is 5.55. The van der Waals surface area contributed by atoms with Gasteiger partial charge in [0.05, 0.1) is 10.8 Å². The number of halogens is 1. The molecule has 2 rings (SSSR count). The highest BCUT2D eigenvalue weighted by molar-refractivity contribution is 14.1. The molecule has 0 radical (unpaired) electrons. The minimum atomic E-state index is -0.834. The molecule has 1 aromatic carbocycles. The van der Waals surface area contributed by atoms with Crippen LogP contribution in [0.5, 0.6) is 0 Å². The standard InChI is InChI=1S/C12H11IN2O4/c13-10-6-9(15(18)19)3-4-11(10)14-8-2-1-7(5-8)12(16)17/h1-4,6-8,14H,5H2,(H,16,17). The first-order chi connectivity index (χ1) is 8.97. The van der Waals surface area contributed by atoms with Gasteiger partial charge < -0.3 is 10.4 Å². The lowest BCUT2D eigenvalue weighted by molar-refractivity contribution is -0.384. The molecular formula is C12H11IN2O4. The van der Waals surface area contributed by atoms with E-state index in [-0.39, 0.29) is 11.7 Å². The zero-order chi connectivity index (χ0) is 14.0. The van der Waals surface area contributed by atoms with Crippen LogP contribution in [0.25, 0.3) is 0 Å². The minimum absolute atomic E-state index is 0.0420. The van der Waals surface area contributed by atoms with Gasteiger partial charge in [0.15, 0.2) is 0 Å². The molecule has 2 N–H and O–H groups in total. The molecule has 0 fully saturated rings. The van der Waals surface area contributed by atoms with Crippen LogP contribution in [0.4, 0.5) is 11.4 Å². The Labute approximate surface area is 122 Å². The molecule has 6 nitrogen and oxygen atoms in total. The van der Waals surface area contributed by atoms with E-state index in [2.05, 4.69) is 5.32 Å². The van der Waals surface area contributed by atoms with Crippen molar-refractivity contribution in [2.45, 2.75) is 12.5 Å². The van der Waals surface area contributed by atoms with E-state index < -0.39 is 16.8 Å². The highest BCUT2D eigenvalue weighted by atomic mass is 127. The van der Waals surface area contributed by atoms with Crippen molar-refractivity contribution in [2.24, 2.45) is 5.92 Å². The van der Waals surface area contributed by atoms with Gasteiger partial charge in [-0.05, 0) is 35.1 Å². The Bertz CT molecular complexity index is 559. The zero-order valence-electron chi connectivity index (χ0n) is 9.75. The molecule has 2 atom stereocenters. The Balaban J connectivity index is 2.07. The minimum Gasteiger partial charge on any atom is -0.481 e. The van der Waals surface area contributed by atoms with E-state index in [9.17, 15) is 14.9 Å². The maximum absolute atomic E-state index is 10.8. The molecular weight excluding hydrogens is 363 g/mol. The number of nitrogens with zero attached hydrogens (tertiary/aromatic N) is 1. The molecule has 0 bridgehead atoms. The average molecular weight is 374 g/mol. The first kappa shape index (κ1) is 13.8. The Hall–Kier alpha value is -1.64. The fraction of sp³-hybridized carbons (Fsp3) is 0.250. The summed E-state index contributed by atoms with van der Waals surface area (Å²) in [6.07, 6.45) is 3.97. The second-order valence-corrected chi connectivity index (χ2v) is 5.40. The lowest BCUT2D eigenvalue weighted by Crippen LogP contribution is -2.19. The predicted molar refractivity (Wildman–Crippen MR) is 78.1 cm³/mol. The number of nitro groups is 1. The van der Waals surface area contributed by atoms with Crippen molar-refractivity contribution in [3.63, 3.8) is 0 Å². The second-order valence-electron chi connectivity index (χ2n) is 4.24. The van der Waals surface area contributed by atoms with E-state index >= 15 is 0 Å². The van der Waals surface area contributed by atoms with Crippen LogP contribution in [-0.2, 0) is 4.79 Å². The number of benzene rings is 1. The molecule has 0 amide bonds. The van der Waals surface area contributed by atoms with Gasteiger partial charge in [0.25, 0.3) is 5.69 Å². The molecule has 0 saturated heterocycles. The topological polar surface area (TPSA) is 92.5 Å². The van der Waals surface area contributed by atoms with E-state index in [0.717, 1.165) is 9.26 Å². The quantitative estimate of drug-likeness (QED) is 0.366. The summed E-state index contributed by atoms with van der Waals surface area (Å²) in [4.78, 5) is 21.0. The Morgan fingerprint density at radius 2 is 2.21 bits per heavy atom. The molecule has 0 aromatic heterocycles. The Morgan fingerprint density at radius 3 is 2.74 bits per heavy atom. The Kier molecular flexibility index (Phi) is 4.03. The Morgan fingerprint density at radius 1 is 1.47 bits per heavy atom. The van der Waals surface area contributed by atoms with E-state index in [4.69, 9.17) is 5.11 Å². The third-order valence-corrected chi connectivity index (χ3v) is 3.80. The summed E-state index contributed by atoms with van der Waals surface area (Å²) in [6.45, 7) is 0. The summed E-state index contributed by atoms with van der Waals surface area (Å²) in [7, 11) is 0. The highest BCUT2D eigenvalue weighted by Crippen LogP contribution is 2.27. The van der Waals surface area contributed by atoms with Crippen molar-refractivity contribution >= 4 is 39.9 Å². The van der Waals surface area contributed by atoms with Crippen LogP contribution in [-0.4, -0.2) is 22.0 Å². The number of anilines is 1. The summed E-state index contributed by atoms with van der Waals surface area (Å²) < 4.78 is 0.735. The molecule has 1 aliphatic rings. The number of hydrogen-bond acceptors (Lipinski definition) is 4. The van der Waals surface area contributed by atoms with E-state index in [0.29, 0.717) is 6.42 Å². The smallest absolute Gasteiger partial charge is 0.310 e. The van der Waals surface area contributed by atoms with E-state index in [1.165, 1.54) is 12.1 Å². The van der Waals surface area contributed by atoms with Crippen molar-refractivity contribution < 1.29 is 14.8 Å². The number of nitrogens with one attached hydrogen (secondary N) is 1. The summed E-state index contributed by atoms with van der Waals surface area (Å²) >= 11 is 2.02. The number of non-ortho nitro benzene ring substituents is 1. The third kappa shape index (κ3) is 3.22. The molecule has 0 saturated carbocycles. The van der Waals surface area contributed by atoms with Crippen molar-refractivity contribution in [2.75, 3.05) is 5.32 Å². The van der Waals surface area contributed by atoms with Crippen LogP contribution in [0.3, 0.4) is 0 Å². The third-order valence-electron chi connectivity index (χ3n) is 2.91. The molecule has 19 heavy (non-hydrogen) atoms. The first-order valence-corrected chi connectivity index (χ1v) is 6.67. The van der Waals surface area contributed by atoms with Crippen LogP contribution in [0.2, 0.25) is 0 Å². The first-order valence-electron chi connectivity index (χ1n) is 5.59. The SMILES string of the molecule is O=C(O)C1C=CC(Nc2ccc([N+](=O)[O-])cc2I)C1. The number of nitro benzene ring substituents is 1. The van der Waals surface area contributed by atoms with Gasteiger partial charge in [-0.15, -0.1) is 0 Å². The van der Waals surface area contributed by atoms with Gasteiger partial charge in [-0.25, -0.2) is 0 Å². The van der Waals surface area contributed by atoms with Crippen LogP contribution >= 0.6 is 22.6 Å². The zero-order valence-corrected chi connectivity index (χ0v) is 11.9. The summed E-state index contributed by atoms with van der Waals surface area (Å²) in [5, 5.41) is 22.7. The van der Waals surface area contributed by atoms with Gasteiger partial charge in [0.2, 0.25) is 0 Å². The van der Waals surface area contributed by atoms with Gasteiger partial charge in [-0.3, -0.25) is 14.9 Å². The largest absolute Gasteiger partial charge is 0.481 e. The monoisotopic (exact) mass is 374 g/mol. The summed E-state index contributed by atoms with van der Waals surface area (Å²) in [5.74, 6) is -1.30. The van der Waals surface area contributed by atoms with E-state index in [1.807, 2.05) is 28.7 Å². The number of carboxylic acid groups (broad SMARTS) is 1. The normalized spacial score (nSPS) is 21.3. The summed E-state index contributed by atoms with van der Waals surface area (Å²) in [6, 6.07) is 4.49. The van der Waals surface area contributed by atoms with Gasteiger partial charge in [0, 0.05) is 27.4 Å². The summed E-state index contributed by atoms with van der Waals surface area (Å²) in [5.41, 5.74) is 0.812. The number of carbonyl (C=O) groups is 1. The van der Waals surface area contributed by atoms with Crippen molar-refractivity contribution in [3.8, 4) is 0 Å². The molecule has 0 spiro atoms. The highest BCUT2D eigenvalue weighted by Gasteiger charge is 2.24. The van der Waals surface area contributed by atoms with Crippen molar-refractivity contribution in [1.29, 1.82) is 0 Å².